The molecule has 1 aromatic rings. The van der Waals surface area contributed by atoms with Crippen molar-refractivity contribution in [1.29, 1.82) is 0 Å². The first-order valence-electron chi connectivity index (χ1n) is 7.24. The van der Waals surface area contributed by atoms with Gasteiger partial charge in [0.15, 0.2) is 0 Å². The fraction of sp³-hybridized carbons (Fsp3) is 0.647. The van der Waals surface area contributed by atoms with Gasteiger partial charge in [-0.1, -0.05) is 51.1 Å². The van der Waals surface area contributed by atoms with Crippen molar-refractivity contribution in [2.45, 2.75) is 52.2 Å². The summed E-state index contributed by atoms with van der Waals surface area (Å²) >= 11 is 0. The van der Waals surface area contributed by atoms with Crippen molar-refractivity contribution in [3.8, 4) is 0 Å². The van der Waals surface area contributed by atoms with E-state index in [-0.39, 0.29) is 5.60 Å². The van der Waals surface area contributed by atoms with Crippen LogP contribution in [-0.2, 0) is 11.3 Å². The number of ether oxygens (including phenoxy) is 1. The molecule has 0 amide bonds. The Morgan fingerprint density at radius 1 is 1.17 bits per heavy atom. The van der Waals surface area contributed by atoms with Crippen LogP contribution < -0.4 is 0 Å². The monoisotopic (exact) mass is 244 g/mol. The van der Waals surface area contributed by atoms with E-state index in [0.717, 1.165) is 12.5 Å². The lowest BCUT2D eigenvalue weighted by molar-refractivity contribution is -0.283. The highest BCUT2D eigenvalue weighted by molar-refractivity contribution is 5.17. The molecule has 2 bridgehead atoms. The fourth-order valence-corrected chi connectivity index (χ4v) is 4.26. The Morgan fingerprint density at radius 3 is 2.50 bits per heavy atom. The molecule has 4 rings (SSSR count). The Bertz CT molecular complexity index is 422. The quantitative estimate of drug-likeness (QED) is 0.765. The molecule has 1 aromatic carbocycles. The largest absolute Gasteiger partial charge is 0.369 e. The molecule has 1 heteroatoms. The number of hydrogen-bond acceptors (Lipinski definition) is 1. The molecule has 0 radical (unpaired) electrons. The predicted octanol–water partition coefficient (Wildman–Crippen LogP) is 4.42. The molecule has 3 aliphatic carbocycles. The standard InChI is InChI=1S/C17H24O/c1-13-9-10-15-11-17(13,16(15,2)3)18-12-14-7-5-4-6-8-14/h4-8,13,15H,9-12H2,1-3H3. The molecule has 0 aliphatic heterocycles. The first kappa shape index (κ1) is 12.2. The highest BCUT2D eigenvalue weighted by Crippen LogP contribution is 2.65. The second-order valence-electron chi connectivity index (χ2n) is 6.76. The van der Waals surface area contributed by atoms with Crippen molar-refractivity contribution in [3.05, 3.63) is 35.9 Å². The van der Waals surface area contributed by atoms with E-state index in [1.54, 1.807) is 0 Å². The van der Waals surface area contributed by atoms with E-state index in [2.05, 4.69) is 51.1 Å². The zero-order valence-electron chi connectivity index (χ0n) is 11.8. The van der Waals surface area contributed by atoms with Gasteiger partial charge in [0.2, 0.25) is 0 Å². The van der Waals surface area contributed by atoms with E-state index in [4.69, 9.17) is 4.74 Å². The third kappa shape index (κ3) is 1.56. The van der Waals surface area contributed by atoms with Crippen LogP contribution in [0, 0.1) is 17.3 Å². The van der Waals surface area contributed by atoms with Crippen molar-refractivity contribution >= 4 is 0 Å². The topological polar surface area (TPSA) is 9.23 Å². The number of benzene rings is 1. The van der Waals surface area contributed by atoms with Gasteiger partial charge in [-0.2, -0.15) is 0 Å². The van der Waals surface area contributed by atoms with Gasteiger partial charge in [0.1, 0.15) is 0 Å². The minimum Gasteiger partial charge on any atom is -0.369 e. The molecule has 0 N–H and O–H groups in total. The summed E-state index contributed by atoms with van der Waals surface area (Å²) in [5.74, 6) is 1.57. The summed E-state index contributed by atoms with van der Waals surface area (Å²) in [6.07, 6.45) is 4.00. The van der Waals surface area contributed by atoms with E-state index in [0.29, 0.717) is 11.3 Å². The molecule has 0 saturated heterocycles. The van der Waals surface area contributed by atoms with Crippen LogP contribution in [0.2, 0.25) is 0 Å². The Labute approximate surface area is 111 Å². The Balaban J connectivity index is 1.75. The van der Waals surface area contributed by atoms with Gasteiger partial charge in [0.25, 0.3) is 0 Å². The van der Waals surface area contributed by atoms with Crippen molar-refractivity contribution in [3.63, 3.8) is 0 Å². The Hall–Kier alpha value is -0.820. The van der Waals surface area contributed by atoms with Crippen LogP contribution >= 0.6 is 0 Å². The molecule has 3 fully saturated rings. The molecule has 0 spiro atoms. The molecule has 1 nitrogen and oxygen atoms in total. The summed E-state index contributed by atoms with van der Waals surface area (Å²) in [5.41, 5.74) is 1.79. The highest BCUT2D eigenvalue weighted by Gasteiger charge is 2.65. The lowest BCUT2D eigenvalue weighted by atomic mass is 9.42. The Kier molecular flexibility index (Phi) is 2.78. The summed E-state index contributed by atoms with van der Waals surface area (Å²) in [5, 5.41) is 0. The Morgan fingerprint density at radius 2 is 1.89 bits per heavy atom. The second kappa shape index (κ2) is 4.09. The average Bonchev–Trinajstić information content (AvgIpc) is 2.38. The maximum Gasteiger partial charge on any atom is 0.0768 e. The maximum atomic E-state index is 6.45. The van der Waals surface area contributed by atoms with Crippen molar-refractivity contribution < 1.29 is 4.74 Å². The molecule has 3 unspecified atom stereocenters. The van der Waals surface area contributed by atoms with Gasteiger partial charge in [-0.25, -0.2) is 0 Å². The predicted molar refractivity (Wildman–Crippen MR) is 74.2 cm³/mol. The summed E-state index contributed by atoms with van der Waals surface area (Å²) in [7, 11) is 0. The SMILES string of the molecule is CC1CCC2CC1(OCc1ccccc1)C2(C)C. The summed E-state index contributed by atoms with van der Waals surface area (Å²) in [6, 6.07) is 10.6. The maximum absolute atomic E-state index is 6.45. The van der Waals surface area contributed by atoms with Gasteiger partial charge >= 0.3 is 0 Å². The third-order valence-electron chi connectivity index (χ3n) is 5.74. The van der Waals surface area contributed by atoms with E-state index in [9.17, 15) is 0 Å². The van der Waals surface area contributed by atoms with Crippen LogP contribution in [0.25, 0.3) is 0 Å². The molecular formula is C17H24O. The third-order valence-corrected chi connectivity index (χ3v) is 5.74. The minimum atomic E-state index is 0.131. The molecule has 3 saturated carbocycles. The zero-order valence-corrected chi connectivity index (χ0v) is 11.8. The number of rotatable bonds is 3. The van der Waals surface area contributed by atoms with Crippen LogP contribution in [0.1, 0.15) is 45.6 Å². The minimum absolute atomic E-state index is 0.131. The summed E-state index contributed by atoms with van der Waals surface area (Å²) < 4.78 is 6.45. The first-order chi connectivity index (χ1) is 8.56. The van der Waals surface area contributed by atoms with Crippen LogP contribution in [0.3, 0.4) is 0 Å². The van der Waals surface area contributed by atoms with Gasteiger partial charge in [0.05, 0.1) is 12.2 Å². The first-order valence-corrected chi connectivity index (χ1v) is 7.24. The zero-order chi connectivity index (χ0) is 12.8. The van der Waals surface area contributed by atoms with Gasteiger partial charge in [-0.3, -0.25) is 0 Å². The molecule has 98 valence electrons. The van der Waals surface area contributed by atoms with Crippen LogP contribution in [-0.4, -0.2) is 5.60 Å². The second-order valence-corrected chi connectivity index (χ2v) is 6.76. The molecule has 3 aliphatic rings. The molecular weight excluding hydrogens is 220 g/mol. The van der Waals surface area contributed by atoms with E-state index >= 15 is 0 Å². The van der Waals surface area contributed by atoms with Crippen LogP contribution in [0.4, 0.5) is 0 Å². The summed E-state index contributed by atoms with van der Waals surface area (Å²) in [4.78, 5) is 0. The van der Waals surface area contributed by atoms with Crippen molar-refractivity contribution in [1.82, 2.24) is 0 Å². The average molecular weight is 244 g/mol. The van der Waals surface area contributed by atoms with Crippen LogP contribution in [0.5, 0.6) is 0 Å². The lowest BCUT2D eigenvalue weighted by Gasteiger charge is -2.67. The highest BCUT2D eigenvalue weighted by atomic mass is 16.5. The molecule has 0 aromatic heterocycles. The fourth-order valence-electron chi connectivity index (χ4n) is 4.26. The van der Waals surface area contributed by atoms with Crippen molar-refractivity contribution in [2.24, 2.45) is 17.3 Å². The smallest absolute Gasteiger partial charge is 0.0768 e. The van der Waals surface area contributed by atoms with Gasteiger partial charge in [0, 0.05) is 0 Å². The molecule has 0 heterocycles. The number of hydrogen-bond donors (Lipinski definition) is 0. The number of fused-ring (bicyclic) bond motifs is 2. The van der Waals surface area contributed by atoms with Gasteiger partial charge in [-0.15, -0.1) is 0 Å². The van der Waals surface area contributed by atoms with Gasteiger partial charge in [-0.05, 0) is 42.1 Å². The van der Waals surface area contributed by atoms with Crippen molar-refractivity contribution in [2.75, 3.05) is 0 Å². The molecule has 3 atom stereocenters. The van der Waals surface area contributed by atoms with Crippen LogP contribution in [0.15, 0.2) is 30.3 Å². The van der Waals surface area contributed by atoms with E-state index in [1.807, 2.05) is 0 Å². The molecule has 18 heavy (non-hydrogen) atoms. The van der Waals surface area contributed by atoms with Gasteiger partial charge < -0.3 is 4.74 Å². The normalized spacial score (nSPS) is 37.1. The van der Waals surface area contributed by atoms with E-state index in [1.165, 1.54) is 24.8 Å². The van der Waals surface area contributed by atoms with E-state index < -0.39 is 0 Å². The lowest BCUT2D eigenvalue weighted by Crippen LogP contribution is -2.68. The summed E-state index contributed by atoms with van der Waals surface area (Å²) in [6.45, 7) is 7.95.